The van der Waals surface area contributed by atoms with Gasteiger partial charge in [-0.15, -0.1) is 0 Å². The number of nitrogens with two attached hydrogens (primary N) is 1. The molecule has 6 heteroatoms. The van der Waals surface area contributed by atoms with E-state index in [0.29, 0.717) is 30.0 Å². The Hall–Kier alpha value is -2.70. The number of amides is 1. The normalized spacial score (nSPS) is 16.0. The second-order valence-corrected chi connectivity index (χ2v) is 9.34. The van der Waals surface area contributed by atoms with Crippen LogP contribution in [0, 0.1) is 11.7 Å². The lowest BCUT2D eigenvalue weighted by Gasteiger charge is -2.22. The maximum absolute atomic E-state index is 14.5. The van der Waals surface area contributed by atoms with E-state index in [1.165, 1.54) is 11.6 Å². The zero-order chi connectivity index (χ0) is 22.8. The smallest absolute Gasteiger partial charge is 0.250 e. The van der Waals surface area contributed by atoms with Crippen LogP contribution in [-0.4, -0.2) is 30.0 Å². The maximum atomic E-state index is 14.5. The minimum Gasteiger partial charge on any atom is -0.366 e. The maximum Gasteiger partial charge on any atom is 0.250 e. The number of hydrogen-bond donors (Lipinski definition) is 4. The second-order valence-electron chi connectivity index (χ2n) is 9.34. The molecule has 1 saturated heterocycles. The molecule has 3 aromatic rings. The van der Waals surface area contributed by atoms with Crippen molar-refractivity contribution in [1.82, 2.24) is 15.6 Å². The van der Waals surface area contributed by atoms with E-state index in [0.717, 1.165) is 53.5 Å². The van der Waals surface area contributed by atoms with Crippen LogP contribution in [0.25, 0.3) is 22.0 Å². The van der Waals surface area contributed by atoms with Crippen LogP contribution < -0.4 is 16.4 Å². The molecule has 0 spiro atoms. The van der Waals surface area contributed by atoms with Gasteiger partial charge in [0.25, 0.3) is 5.91 Å². The molecule has 32 heavy (non-hydrogen) atoms. The van der Waals surface area contributed by atoms with E-state index in [9.17, 15) is 9.18 Å². The SMILES string of the molecule is CC(C)[C@H](C)NCc1cc(F)cc(-c2cc(C(N)=O)c3[nH]cc(C4CCNCC4)c3c2)c1. The number of H-pyrrole nitrogens is 1. The van der Waals surface area contributed by atoms with Crippen molar-refractivity contribution in [2.75, 3.05) is 13.1 Å². The molecule has 1 atom stereocenters. The number of carbonyl (C=O) groups excluding carboxylic acids is 1. The highest BCUT2D eigenvalue weighted by atomic mass is 19.1. The number of rotatable bonds is 7. The van der Waals surface area contributed by atoms with Gasteiger partial charge >= 0.3 is 0 Å². The Morgan fingerprint density at radius 1 is 1.12 bits per heavy atom. The Morgan fingerprint density at radius 3 is 2.53 bits per heavy atom. The van der Waals surface area contributed by atoms with Gasteiger partial charge in [-0.1, -0.05) is 13.8 Å². The van der Waals surface area contributed by atoms with Crippen molar-refractivity contribution < 1.29 is 9.18 Å². The van der Waals surface area contributed by atoms with E-state index < -0.39 is 5.91 Å². The zero-order valence-corrected chi connectivity index (χ0v) is 19.1. The fraction of sp³-hybridized carbons (Fsp3) is 0.423. The van der Waals surface area contributed by atoms with E-state index in [1.807, 2.05) is 12.3 Å². The number of carbonyl (C=O) groups is 1. The fourth-order valence-corrected chi connectivity index (χ4v) is 4.52. The first kappa shape index (κ1) is 22.5. The lowest BCUT2D eigenvalue weighted by atomic mass is 9.88. The van der Waals surface area contributed by atoms with Crippen LogP contribution in [0.15, 0.2) is 36.5 Å². The third-order valence-electron chi connectivity index (χ3n) is 6.78. The summed E-state index contributed by atoms with van der Waals surface area (Å²) >= 11 is 0. The Bertz CT molecular complexity index is 1110. The van der Waals surface area contributed by atoms with Gasteiger partial charge in [0, 0.05) is 24.2 Å². The van der Waals surface area contributed by atoms with Gasteiger partial charge in [0.1, 0.15) is 5.82 Å². The minimum atomic E-state index is -0.486. The summed E-state index contributed by atoms with van der Waals surface area (Å²) in [6.45, 7) is 8.99. The first-order valence-corrected chi connectivity index (χ1v) is 11.5. The molecule has 0 bridgehead atoms. The fourth-order valence-electron chi connectivity index (χ4n) is 4.52. The summed E-state index contributed by atoms with van der Waals surface area (Å²) in [5.74, 6) is 0.140. The molecule has 5 nitrogen and oxygen atoms in total. The molecule has 0 saturated carbocycles. The van der Waals surface area contributed by atoms with Crippen molar-refractivity contribution in [3.8, 4) is 11.1 Å². The number of hydrogen-bond acceptors (Lipinski definition) is 3. The van der Waals surface area contributed by atoms with Crippen LogP contribution in [0.4, 0.5) is 4.39 Å². The molecule has 4 rings (SSSR count). The van der Waals surface area contributed by atoms with Gasteiger partial charge in [-0.05, 0) is 97.3 Å². The van der Waals surface area contributed by atoms with Crippen LogP contribution in [0.3, 0.4) is 0 Å². The average molecular weight is 437 g/mol. The van der Waals surface area contributed by atoms with Crippen molar-refractivity contribution in [2.24, 2.45) is 11.7 Å². The average Bonchev–Trinajstić information content (AvgIpc) is 3.20. The molecule has 1 fully saturated rings. The van der Waals surface area contributed by atoms with E-state index in [-0.39, 0.29) is 5.82 Å². The molecule has 0 radical (unpaired) electrons. The van der Waals surface area contributed by atoms with E-state index in [4.69, 9.17) is 5.73 Å². The monoisotopic (exact) mass is 436 g/mol. The molecule has 0 aliphatic carbocycles. The van der Waals surface area contributed by atoms with Crippen LogP contribution in [-0.2, 0) is 6.54 Å². The molecule has 1 aliphatic heterocycles. The molecule has 1 aromatic heterocycles. The highest BCUT2D eigenvalue weighted by molar-refractivity contribution is 6.07. The quantitative estimate of drug-likeness (QED) is 0.434. The number of primary amides is 1. The van der Waals surface area contributed by atoms with E-state index in [1.54, 1.807) is 12.1 Å². The van der Waals surface area contributed by atoms with E-state index in [2.05, 4.69) is 42.5 Å². The second kappa shape index (κ2) is 9.43. The molecule has 2 aromatic carbocycles. The number of fused-ring (bicyclic) bond motifs is 1. The number of aromatic amines is 1. The lowest BCUT2D eigenvalue weighted by molar-refractivity contribution is 0.100. The largest absolute Gasteiger partial charge is 0.366 e. The van der Waals surface area contributed by atoms with Crippen molar-refractivity contribution in [3.05, 3.63) is 59.0 Å². The number of piperidine rings is 1. The summed E-state index contributed by atoms with van der Waals surface area (Å²) in [4.78, 5) is 15.5. The summed E-state index contributed by atoms with van der Waals surface area (Å²) in [5.41, 5.74) is 10.6. The van der Waals surface area contributed by atoms with E-state index >= 15 is 0 Å². The number of halogens is 1. The molecule has 1 amide bonds. The molecule has 2 heterocycles. The van der Waals surface area contributed by atoms with Crippen LogP contribution in [0.5, 0.6) is 0 Å². The van der Waals surface area contributed by atoms with Crippen molar-refractivity contribution >= 4 is 16.8 Å². The lowest BCUT2D eigenvalue weighted by Crippen LogP contribution is -2.30. The van der Waals surface area contributed by atoms with Gasteiger partial charge < -0.3 is 21.4 Å². The Kier molecular flexibility index (Phi) is 6.63. The molecule has 5 N–H and O–H groups in total. The summed E-state index contributed by atoms with van der Waals surface area (Å²) in [7, 11) is 0. The first-order valence-electron chi connectivity index (χ1n) is 11.5. The number of aromatic nitrogens is 1. The van der Waals surface area contributed by atoms with Crippen LogP contribution in [0.1, 0.15) is 61.0 Å². The number of benzene rings is 2. The van der Waals surface area contributed by atoms with Gasteiger partial charge in [-0.25, -0.2) is 4.39 Å². The van der Waals surface area contributed by atoms with Gasteiger partial charge in [0.05, 0.1) is 11.1 Å². The van der Waals surface area contributed by atoms with Gasteiger partial charge in [0.2, 0.25) is 0 Å². The minimum absolute atomic E-state index is 0.287. The molecular weight excluding hydrogens is 403 g/mol. The Labute approximate surface area is 189 Å². The topological polar surface area (TPSA) is 82.9 Å². The van der Waals surface area contributed by atoms with Gasteiger partial charge in [0.15, 0.2) is 0 Å². The predicted molar refractivity (Wildman–Crippen MR) is 128 cm³/mol. The molecular formula is C26H33FN4O. The van der Waals surface area contributed by atoms with Crippen LogP contribution in [0.2, 0.25) is 0 Å². The molecule has 170 valence electrons. The van der Waals surface area contributed by atoms with Crippen molar-refractivity contribution in [3.63, 3.8) is 0 Å². The summed E-state index contributed by atoms with van der Waals surface area (Å²) in [6, 6.07) is 9.25. The molecule has 1 aliphatic rings. The van der Waals surface area contributed by atoms with Crippen LogP contribution >= 0.6 is 0 Å². The number of nitrogens with one attached hydrogen (secondary N) is 3. The van der Waals surface area contributed by atoms with Crippen molar-refractivity contribution in [2.45, 2.75) is 52.1 Å². The predicted octanol–water partition coefficient (Wildman–Crippen LogP) is 4.67. The summed E-state index contributed by atoms with van der Waals surface area (Å²) in [5, 5.41) is 7.86. The zero-order valence-electron chi connectivity index (χ0n) is 19.1. The first-order chi connectivity index (χ1) is 15.3. The standard InChI is InChI=1S/C26H33FN4O/c1-15(2)16(3)30-13-17-8-19(10-21(27)9-17)20-11-22-24(18-4-6-29-7-5-18)14-31-25(22)23(12-20)26(28)32/h8-12,14-16,18,29-31H,4-7,13H2,1-3H3,(H2,28,32)/t16-/m0/s1. The molecule has 0 unspecified atom stereocenters. The Morgan fingerprint density at radius 2 is 1.84 bits per heavy atom. The third-order valence-corrected chi connectivity index (χ3v) is 6.78. The highest BCUT2D eigenvalue weighted by Crippen LogP contribution is 2.36. The summed E-state index contributed by atoms with van der Waals surface area (Å²) in [6.07, 6.45) is 4.10. The van der Waals surface area contributed by atoms with Crippen molar-refractivity contribution in [1.29, 1.82) is 0 Å². The highest BCUT2D eigenvalue weighted by Gasteiger charge is 2.21. The summed E-state index contributed by atoms with van der Waals surface area (Å²) < 4.78 is 14.5. The van der Waals surface area contributed by atoms with Gasteiger partial charge in [-0.2, -0.15) is 0 Å². The third kappa shape index (κ3) is 4.71. The van der Waals surface area contributed by atoms with Gasteiger partial charge in [-0.3, -0.25) is 4.79 Å². The Balaban J connectivity index is 1.76.